The molecule has 0 amide bonds. The van der Waals surface area contributed by atoms with Gasteiger partial charge in [-0.15, -0.1) is 0 Å². The van der Waals surface area contributed by atoms with E-state index in [9.17, 15) is 36.8 Å². The Kier molecular flexibility index (Phi) is 21.6. The highest BCUT2D eigenvalue weighted by Gasteiger charge is 2.26. The number of nitrogens with zero attached hydrogens (tertiary/aromatic N) is 16. The summed E-state index contributed by atoms with van der Waals surface area (Å²) in [6, 6.07) is 167. The molecule has 8 aromatic heterocycles. The van der Waals surface area contributed by atoms with E-state index in [1.165, 1.54) is 21.5 Å². The van der Waals surface area contributed by atoms with Crippen molar-refractivity contribution in [1.29, 1.82) is 36.8 Å². The van der Waals surface area contributed by atoms with Crippen LogP contribution in [0.3, 0.4) is 0 Å². The van der Waals surface area contributed by atoms with Crippen molar-refractivity contribution in [2.75, 3.05) is 0 Å². The molecule has 0 bridgehead atoms. The first-order chi connectivity index (χ1) is 73.0. The molecule has 16 nitrogen and oxygen atoms in total. The number of hydrogen-bond acceptors (Lipinski definition) is 9. The Hall–Kier alpha value is -21.8. The molecule has 16 heteroatoms. The number of rotatable bonds is 12. The van der Waals surface area contributed by atoms with Gasteiger partial charge in [0.1, 0.15) is 0 Å². The lowest BCUT2D eigenvalue weighted by Gasteiger charge is -2.16. The third-order valence-corrected chi connectivity index (χ3v) is 28.1. The summed E-state index contributed by atoms with van der Waals surface area (Å²) in [5.41, 5.74) is 33.8. The van der Waals surface area contributed by atoms with Gasteiger partial charge in [0.2, 0.25) is 0 Å². The Bertz CT molecular complexity index is 10400. The van der Waals surface area contributed by atoms with Crippen LogP contribution in [0, 0.1) is 85.9 Å². The van der Waals surface area contributed by atoms with E-state index in [0.29, 0.717) is 44.6 Å². The molecule has 0 N–H and O–H groups in total. The zero-order valence-electron chi connectivity index (χ0n) is 78.9. The number of fused-ring (bicyclic) bond motifs is 18. The Morgan fingerprint density at radius 3 is 0.743 bits per heavy atom. The molecular formula is C132H74N16. The fraction of sp³-hybridized carbons (Fsp3) is 0. The van der Waals surface area contributed by atoms with Gasteiger partial charge in [-0.05, 0) is 265 Å². The highest BCUT2D eigenvalue weighted by Crippen LogP contribution is 2.46. The molecule has 682 valence electrons. The molecular weight excluding hydrogens is 1810 g/mol. The number of aromatic nitrogens is 8. The summed E-state index contributed by atoms with van der Waals surface area (Å²) < 4.78 is 13.7. The van der Waals surface area contributed by atoms with Crippen LogP contribution in [0.2, 0.25) is 0 Å². The average Bonchev–Trinajstić information content (AvgIpc) is 1.58. The molecule has 0 unspecified atom stereocenters. The van der Waals surface area contributed by atoms with Crippen molar-refractivity contribution >= 4 is 137 Å². The van der Waals surface area contributed by atoms with Crippen LogP contribution in [-0.4, -0.2) is 37.4 Å². The average molecular weight is 1880 g/mol. The molecule has 148 heavy (non-hydrogen) atoms. The lowest BCUT2D eigenvalue weighted by atomic mass is 9.97. The molecule has 8 heterocycles. The molecule has 0 radical (unpaired) electrons. The molecule has 0 aliphatic rings. The van der Waals surface area contributed by atoms with Crippen LogP contribution < -0.4 is 0 Å². The van der Waals surface area contributed by atoms with Crippen LogP contribution in [0.4, 0.5) is 5.69 Å². The van der Waals surface area contributed by atoms with Crippen LogP contribution >= 0.6 is 0 Å². The highest BCUT2D eigenvalue weighted by atomic mass is 15.0. The third-order valence-electron chi connectivity index (χ3n) is 28.1. The van der Waals surface area contributed by atoms with E-state index >= 15 is 0 Å². The summed E-state index contributed by atoms with van der Waals surface area (Å²) in [6.07, 6.45) is 0. The van der Waals surface area contributed by atoms with Crippen molar-refractivity contribution in [2.24, 2.45) is 0 Å². The SMILES string of the molecule is N#Cc1ccc(-c2cccc(-c3cc(-n4c5ccccc5c5ccccc54)cc(-n4c5ccc(C#N)cc5c5cc(C#N)ccc54)c3)n2)cc1.N#Cc1cccc(-c2cccc(-c3cc(-n4c5ccccc5c5ccccc54)cc(-n4c5ccc(C#N)cc5c5cc(C#N)ccc54)c3)n2)c1.[C-]#[N+]c1ccccc1-c1cccc(-c2cc(-n3c4ccccc4c4ccccc43)cc(-n3c4ccccc4c4cc(C#N)ccc43)c2)c1. The topological polar surface area (TPSA) is 226 Å². The van der Waals surface area contributed by atoms with Crippen LogP contribution in [0.15, 0.2) is 449 Å². The summed E-state index contributed by atoms with van der Waals surface area (Å²) in [5, 5.41) is 80.5. The molecule has 19 aromatic carbocycles. The summed E-state index contributed by atoms with van der Waals surface area (Å²) in [4.78, 5) is 14.1. The Balaban J connectivity index is 0.000000115. The van der Waals surface area contributed by atoms with E-state index in [2.05, 4.69) is 330 Å². The molecule has 0 atom stereocenters. The standard InChI is InChI=1S/2C44H24N6.C44H26N4/c45-25-28-7-5-8-31(19-28)39-11-6-12-40(48-39)32-22-33(49-41-13-3-1-9-35(41)36-10-2-4-14-42(36)49)24-34(23-32)50-43-17-15-29(26-46)20-37(43)38-21-30(27-47)16-18-44(38)50;45-25-28-12-16-31(17-13-28)39-8-5-9-40(48-39)32-22-33(49-41-10-3-1-6-35(41)36-7-2-4-11-42(36)49)24-34(23-32)50-43-18-14-29(26-46)20-37(43)38-21-30(27-47)15-19-44(38)50;1-46-40-17-6-2-13-35(40)31-12-10-11-30(24-31)32-25-33(47-41-18-7-3-14-36(41)37-15-4-8-19-42(37)47)27-34(26-32)48-43-20-9-5-16-38(43)39-23-29(28-45)21-22-44(39)48/h2*1-24H;2-27H. The minimum atomic E-state index is 0.556. The van der Waals surface area contributed by atoms with Crippen LogP contribution in [0.1, 0.15) is 38.9 Å². The van der Waals surface area contributed by atoms with Crippen molar-refractivity contribution in [3.63, 3.8) is 0 Å². The molecule has 0 spiro atoms. The van der Waals surface area contributed by atoms with Gasteiger partial charge in [0.05, 0.1) is 177 Å². The van der Waals surface area contributed by atoms with Crippen molar-refractivity contribution in [3.05, 3.63) is 499 Å². The van der Waals surface area contributed by atoms with Gasteiger partial charge >= 0.3 is 0 Å². The van der Waals surface area contributed by atoms with E-state index in [-0.39, 0.29) is 0 Å². The van der Waals surface area contributed by atoms with E-state index < -0.39 is 0 Å². The maximum atomic E-state index is 9.77. The monoisotopic (exact) mass is 1880 g/mol. The summed E-state index contributed by atoms with van der Waals surface area (Å²) >= 11 is 0. The van der Waals surface area contributed by atoms with Gasteiger partial charge in [-0.3, -0.25) is 0 Å². The van der Waals surface area contributed by atoms with Gasteiger partial charge in [0.25, 0.3) is 0 Å². The van der Waals surface area contributed by atoms with Gasteiger partial charge in [0, 0.05) is 121 Å². The van der Waals surface area contributed by atoms with Crippen molar-refractivity contribution < 1.29 is 0 Å². The molecule has 27 rings (SSSR count). The smallest absolute Gasteiger partial charge is 0.194 e. The van der Waals surface area contributed by atoms with E-state index in [4.69, 9.17) is 16.5 Å². The van der Waals surface area contributed by atoms with E-state index in [1.54, 1.807) is 6.07 Å². The van der Waals surface area contributed by atoms with Crippen LogP contribution in [-0.2, 0) is 0 Å². The molecule has 0 saturated heterocycles. The second-order valence-corrected chi connectivity index (χ2v) is 36.5. The maximum Gasteiger partial charge on any atom is 0.194 e. The Labute approximate surface area is 848 Å². The molecule has 0 fully saturated rings. The fourth-order valence-corrected chi connectivity index (χ4v) is 21.5. The Morgan fingerprint density at radius 1 is 0.169 bits per heavy atom. The second-order valence-electron chi connectivity index (χ2n) is 36.5. The minimum absolute atomic E-state index is 0.556. The third kappa shape index (κ3) is 15.1. The first-order valence-corrected chi connectivity index (χ1v) is 48.1. The molecule has 0 saturated carbocycles. The zero-order valence-corrected chi connectivity index (χ0v) is 78.9. The highest BCUT2D eigenvalue weighted by molar-refractivity contribution is 6.16. The lowest BCUT2D eigenvalue weighted by molar-refractivity contribution is 1.13. The van der Waals surface area contributed by atoms with E-state index in [0.717, 1.165) is 211 Å². The fourth-order valence-electron chi connectivity index (χ4n) is 21.5. The second kappa shape index (κ2) is 36.4. The number of para-hydroxylation sites is 8. The normalized spacial score (nSPS) is 11.2. The number of hydrogen-bond donors (Lipinski definition) is 0. The van der Waals surface area contributed by atoms with E-state index in [1.807, 2.05) is 188 Å². The first-order valence-electron chi connectivity index (χ1n) is 48.1. The predicted octanol–water partition coefficient (Wildman–Crippen LogP) is 32.1. The number of pyridine rings is 2. The zero-order chi connectivity index (χ0) is 99.7. The quantitative estimate of drug-likeness (QED) is 0.106. The summed E-state index contributed by atoms with van der Waals surface area (Å²) in [7, 11) is 0. The molecule has 0 aliphatic heterocycles. The molecule has 0 aliphatic carbocycles. The number of nitriles is 7. The van der Waals surface area contributed by atoms with Gasteiger partial charge < -0.3 is 27.4 Å². The molecule has 27 aromatic rings. The van der Waals surface area contributed by atoms with Crippen molar-refractivity contribution in [2.45, 2.75) is 0 Å². The van der Waals surface area contributed by atoms with Gasteiger partial charge in [-0.2, -0.15) is 36.8 Å². The largest absolute Gasteiger partial charge is 0.309 e. The van der Waals surface area contributed by atoms with Crippen molar-refractivity contribution in [3.8, 4) is 144 Å². The Morgan fingerprint density at radius 2 is 0.412 bits per heavy atom. The predicted molar refractivity (Wildman–Crippen MR) is 593 cm³/mol. The lowest BCUT2D eigenvalue weighted by Crippen LogP contribution is -2.01. The summed E-state index contributed by atoms with van der Waals surface area (Å²) in [5.74, 6) is 0. The van der Waals surface area contributed by atoms with Crippen molar-refractivity contribution in [1.82, 2.24) is 37.4 Å². The minimum Gasteiger partial charge on any atom is -0.309 e. The van der Waals surface area contributed by atoms with Gasteiger partial charge in [-0.1, -0.05) is 206 Å². The van der Waals surface area contributed by atoms with Gasteiger partial charge in [0.15, 0.2) is 5.69 Å². The number of benzene rings is 19. The first kappa shape index (κ1) is 87.7. The van der Waals surface area contributed by atoms with Gasteiger partial charge in [-0.25, -0.2) is 14.8 Å². The van der Waals surface area contributed by atoms with Crippen LogP contribution in [0.25, 0.3) is 237 Å². The maximum absolute atomic E-state index is 9.77. The van der Waals surface area contributed by atoms with Crippen LogP contribution in [0.5, 0.6) is 0 Å². The summed E-state index contributed by atoms with van der Waals surface area (Å²) in [6.45, 7) is 7.76.